The van der Waals surface area contributed by atoms with Gasteiger partial charge in [0.15, 0.2) is 0 Å². The number of nitro groups is 1. The maximum Gasteiger partial charge on any atom is 0.269 e. The van der Waals surface area contributed by atoms with Crippen molar-refractivity contribution in [1.82, 2.24) is 0 Å². The summed E-state index contributed by atoms with van der Waals surface area (Å²) in [5, 5.41) is 16.9. The number of nitrogens with zero attached hydrogens (tertiary/aromatic N) is 3. The van der Waals surface area contributed by atoms with Crippen molar-refractivity contribution in [1.29, 1.82) is 0 Å². The average Bonchev–Trinajstić information content (AvgIpc) is 2.48. The number of non-ortho nitro benzene ring substituents is 1. The number of hydrazone groups is 1. The molecule has 0 spiro atoms. The van der Waals surface area contributed by atoms with E-state index in [1.165, 1.54) is 12.1 Å². The van der Waals surface area contributed by atoms with Gasteiger partial charge in [-0.2, -0.15) is 5.10 Å². The number of nitro benzene ring substituents is 1. The molecule has 0 N–H and O–H groups in total. The first-order valence-electron chi connectivity index (χ1n) is 6.17. The smallest absolute Gasteiger partial charge is 0.268 e. The number of benzene rings is 2. The Morgan fingerprint density at radius 1 is 1.10 bits per heavy atom. The summed E-state index contributed by atoms with van der Waals surface area (Å²) < 4.78 is 0. The van der Waals surface area contributed by atoms with E-state index in [9.17, 15) is 10.1 Å². The molecule has 0 unspecified atom stereocenters. The lowest BCUT2D eigenvalue weighted by molar-refractivity contribution is -0.384. The van der Waals surface area contributed by atoms with Crippen LogP contribution in [0.1, 0.15) is 12.5 Å². The molecular formula is C15H15N3O2. The molecule has 2 aromatic rings. The molecule has 0 atom stereocenters. The molecule has 0 aliphatic heterocycles. The zero-order valence-electron chi connectivity index (χ0n) is 11.4. The third-order valence-electron chi connectivity index (χ3n) is 2.93. The topological polar surface area (TPSA) is 58.7 Å². The van der Waals surface area contributed by atoms with Crippen molar-refractivity contribution in [2.24, 2.45) is 5.10 Å². The summed E-state index contributed by atoms with van der Waals surface area (Å²) in [5.74, 6) is 0. The standard InChI is InChI=1S/C15H15N3O2/c1-12(13-8-10-15(11-9-13)18(19)20)16-17(2)14-6-4-3-5-7-14/h3-11H,1-2H3. The largest absolute Gasteiger partial charge is 0.269 e. The van der Waals surface area contributed by atoms with Gasteiger partial charge in [-0.1, -0.05) is 18.2 Å². The van der Waals surface area contributed by atoms with Gasteiger partial charge in [0, 0.05) is 19.2 Å². The second-order valence-electron chi connectivity index (χ2n) is 4.35. The highest BCUT2D eigenvalue weighted by Crippen LogP contribution is 2.15. The Morgan fingerprint density at radius 3 is 2.25 bits per heavy atom. The van der Waals surface area contributed by atoms with Crippen molar-refractivity contribution >= 4 is 17.1 Å². The number of hydrogen-bond acceptors (Lipinski definition) is 4. The first kappa shape index (κ1) is 13.7. The van der Waals surface area contributed by atoms with Crippen molar-refractivity contribution in [2.45, 2.75) is 6.92 Å². The molecule has 2 rings (SSSR count). The van der Waals surface area contributed by atoms with Crippen molar-refractivity contribution < 1.29 is 4.92 Å². The first-order valence-corrected chi connectivity index (χ1v) is 6.17. The minimum atomic E-state index is -0.410. The Balaban J connectivity index is 2.20. The van der Waals surface area contributed by atoms with Gasteiger partial charge in [0.25, 0.3) is 5.69 Å². The fraction of sp³-hybridized carbons (Fsp3) is 0.133. The fourth-order valence-corrected chi connectivity index (χ4v) is 1.81. The van der Waals surface area contributed by atoms with E-state index >= 15 is 0 Å². The SMILES string of the molecule is CC(=NN(C)c1ccccc1)c1ccc([N+](=O)[O-])cc1. The normalized spacial score (nSPS) is 11.2. The minimum absolute atomic E-state index is 0.0814. The summed E-state index contributed by atoms with van der Waals surface area (Å²) in [6.45, 7) is 1.88. The van der Waals surface area contributed by atoms with Gasteiger partial charge >= 0.3 is 0 Å². The second kappa shape index (κ2) is 5.97. The van der Waals surface area contributed by atoms with Crippen LogP contribution in [0.4, 0.5) is 11.4 Å². The van der Waals surface area contributed by atoms with Crippen LogP contribution in [-0.2, 0) is 0 Å². The van der Waals surface area contributed by atoms with Crippen LogP contribution in [0, 0.1) is 10.1 Å². The lowest BCUT2D eigenvalue weighted by Gasteiger charge is -2.14. The Morgan fingerprint density at radius 2 is 1.70 bits per heavy atom. The van der Waals surface area contributed by atoms with Crippen LogP contribution >= 0.6 is 0 Å². The predicted octanol–water partition coefficient (Wildman–Crippen LogP) is 3.46. The maximum atomic E-state index is 10.6. The quantitative estimate of drug-likeness (QED) is 0.485. The summed E-state index contributed by atoms with van der Waals surface area (Å²) in [7, 11) is 1.87. The monoisotopic (exact) mass is 269 g/mol. The first-order chi connectivity index (χ1) is 9.58. The van der Waals surface area contributed by atoms with Crippen LogP contribution in [0.25, 0.3) is 0 Å². The van der Waals surface area contributed by atoms with E-state index in [0.29, 0.717) is 0 Å². The van der Waals surface area contributed by atoms with E-state index in [4.69, 9.17) is 0 Å². The maximum absolute atomic E-state index is 10.6. The van der Waals surface area contributed by atoms with Gasteiger partial charge in [0.2, 0.25) is 0 Å². The molecule has 0 radical (unpaired) electrons. The van der Waals surface area contributed by atoms with Gasteiger partial charge in [-0.25, -0.2) is 0 Å². The number of hydrogen-bond donors (Lipinski definition) is 0. The van der Waals surface area contributed by atoms with Crippen molar-refractivity contribution in [3.05, 3.63) is 70.3 Å². The Labute approximate surface area is 117 Å². The lowest BCUT2D eigenvalue weighted by Crippen LogP contribution is -2.12. The Hall–Kier alpha value is -2.69. The summed E-state index contributed by atoms with van der Waals surface area (Å²) in [5.41, 5.74) is 2.72. The van der Waals surface area contributed by atoms with E-state index < -0.39 is 4.92 Å². The number of rotatable bonds is 4. The van der Waals surface area contributed by atoms with E-state index in [1.807, 2.05) is 44.3 Å². The second-order valence-corrected chi connectivity index (χ2v) is 4.35. The minimum Gasteiger partial charge on any atom is -0.268 e. The summed E-state index contributed by atoms with van der Waals surface area (Å²) in [4.78, 5) is 10.2. The fourth-order valence-electron chi connectivity index (χ4n) is 1.81. The van der Waals surface area contributed by atoms with Crippen LogP contribution < -0.4 is 5.01 Å². The van der Waals surface area contributed by atoms with Crippen molar-refractivity contribution in [3.63, 3.8) is 0 Å². The van der Waals surface area contributed by atoms with Crippen LogP contribution in [0.5, 0.6) is 0 Å². The van der Waals surface area contributed by atoms with E-state index in [2.05, 4.69) is 5.10 Å². The highest BCUT2D eigenvalue weighted by Gasteiger charge is 2.06. The number of anilines is 1. The Kier molecular flexibility index (Phi) is 4.10. The third kappa shape index (κ3) is 3.20. The molecule has 0 aromatic heterocycles. The molecule has 2 aromatic carbocycles. The zero-order valence-corrected chi connectivity index (χ0v) is 11.4. The summed E-state index contributed by atoms with van der Waals surface area (Å²) in [6.07, 6.45) is 0. The summed E-state index contributed by atoms with van der Waals surface area (Å²) >= 11 is 0. The third-order valence-corrected chi connectivity index (χ3v) is 2.93. The molecule has 20 heavy (non-hydrogen) atoms. The molecule has 0 aliphatic rings. The molecule has 0 amide bonds. The number of para-hydroxylation sites is 1. The average molecular weight is 269 g/mol. The zero-order chi connectivity index (χ0) is 14.5. The van der Waals surface area contributed by atoms with Crippen LogP contribution in [0.2, 0.25) is 0 Å². The van der Waals surface area contributed by atoms with Gasteiger partial charge in [-0.3, -0.25) is 15.1 Å². The van der Waals surface area contributed by atoms with E-state index in [0.717, 1.165) is 17.0 Å². The van der Waals surface area contributed by atoms with E-state index in [1.54, 1.807) is 17.1 Å². The molecule has 0 fully saturated rings. The van der Waals surface area contributed by atoms with Crippen molar-refractivity contribution in [2.75, 3.05) is 12.1 Å². The molecule has 0 heterocycles. The van der Waals surface area contributed by atoms with Gasteiger partial charge < -0.3 is 0 Å². The van der Waals surface area contributed by atoms with Crippen LogP contribution in [-0.4, -0.2) is 17.7 Å². The Bertz CT molecular complexity index is 621. The molecule has 5 heteroatoms. The van der Waals surface area contributed by atoms with Crippen LogP contribution in [0.15, 0.2) is 59.7 Å². The molecule has 0 saturated carbocycles. The van der Waals surface area contributed by atoms with Gasteiger partial charge in [0.1, 0.15) is 0 Å². The van der Waals surface area contributed by atoms with E-state index in [-0.39, 0.29) is 5.69 Å². The van der Waals surface area contributed by atoms with Crippen molar-refractivity contribution in [3.8, 4) is 0 Å². The molecule has 5 nitrogen and oxygen atoms in total. The molecule has 0 bridgehead atoms. The van der Waals surface area contributed by atoms with Gasteiger partial charge in [-0.05, 0) is 36.8 Å². The van der Waals surface area contributed by atoms with Crippen LogP contribution in [0.3, 0.4) is 0 Å². The molecule has 102 valence electrons. The lowest BCUT2D eigenvalue weighted by atomic mass is 10.1. The molecular weight excluding hydrogens is 254 g/mol. The predicted molar refractivity (Wildman–Crippen MR) is 80.2 cm³/mol. The van der Waals surface area contributed by atoms with Gasteiger partial charge in [0.05, 0.1) is 16.3 Å². The van der Waals surface area contributed by atoms with Gasteiger partial charge in [-0.15, -0.1) is 0 Å². The highest BCUT2D eigenvalue weighted by molar-refractivity contribution is 5.99. The molecule has 0 saturated heterocycles. The molecule has 0 aliphatic carbocycles. The highest BCUT2D eigenvalue weighted by atomic mass is 16.6. The summed E-state index contributed by atoms with van der Waals surface area (Å²) in [6, 6.07) is 16.1.